The Bertz CT molecular complexity index is 1150. The second kappa shape index (κ2) is 9.35. The molecule has 0 aliphatic rings. The van der Waals surface area contributed by atoms with E-state index < -0.39 is 23.3 Å². The lowest BCUT2D eigenvalue weighted by Gasteiger charge is -2.12. The molecule has 12 heteroatoms. The van der Waals surface area contributed by atoms with Crippen LogP contribution in [0.5, 0.6) is 0 Å². The lowest BCUT2D eigenvalue weighted by Crippen LogP contribution is -2.22. The molecule has 5 N–H and O–H groups in total. The zero-order valence-electron chi connectivity index (χ0n) is 16.9. The highest BCUT2D eigenvalue weighted by Crippen LogP contribution is 2.31. The lowest BCUT2D eigenvalue weighted by atomic mass is 10.0. The molecule has 168 valence electrons. The summed E-state index contributed by atoms with van der Waals surface area (Å²) in [5, 5.41) is 3.31. The molecule has 0 aliphatic carbocycles. The molecule has 32 heavy (non-hydrogen) atoms. The second-order valence-corrected chi connectivity index (χ2v) is 7.27. The van der Waals surface area contributed by atoms with E-state index in [0.717, 1.165) is 17.3 Å². The smallest absolute Gasteiger partial charge is 0.368 e. The number of hydrogen-bond donors (Lipinski definition) is 3. The number of carbonyl (C=O) groups excluding carboxylic acids is 1. The number of nitrogens with zero attached hydrogens (tertiary/aromatic N) is 4. The van der Waals surface area contributed by atoms with Crippen LogP contribution in [0.1, 0.15) is 33.7 Å². The minimum atomic E-state index is -4.84. The Morgan fingerprint density at radius 2 is 1.97 bits per heavy atom. The van der Waals surface area contributed by atoms with Gasteiger partial charge in [0, 0.05) is 29.0 Å². The first kappa shape index (κ1) is 23.2. The van der Waals surface area contributed by atoms with Crippen LogP contribution in [0.2, 0.25) is 5.02 Å². The summed E-state index contributed by atoms with van der Waals surface area (Å²) in [6, 6.07) is 7.25. The van der Waals surface area contributed by atoms with Gasteiger partial charge in [-0.25, -0.2) is 19.9 Å². The first-order valence-electron chi connectivity index (χ1n) is 9.43. The molecule has 0 saturated carbocycles. The summed E-state index contributed by atoms with van der Waals surface area (Å²) in [7, 11) is 0. The molecule has 0 spiro atoms. The molecule has 0 aliphatic heterocycles. The molecular formula is C20H19ClF3N7O. The van der Waals surface area contributed by atoms with E-state index in [0.29, 0.717) is 29.3 Å². The molecule has 8 nitrogen and oxygen atoms in total. The van der Waals surface area contributed by atoms with Gasteiger partial charge in [0.2, 0.25) is 11.9 Å². The molecule has 0 saturated heterocycles. The number of amides is 1. The highest BCUT2D eigenvalue weighted by molar-refractivity contribution is 6.31. The van der Waals surface area contributed by atoms with Gasteiger partial charge in [-0.05, 0) is 37.5 Å². The zero-order valence-corrected chi connectivity index (χ0v) is 17.6. The highest BCUT2D eigenvalue weighted by atomic mass is 35.5. The number of rotatable bonds is 7. The topological polar surface area (TPSA) is 133 Å². The molecule has 1 amide bonds. The van der Waals surface area contributed by atoms with E-state index in [1.165, 1.54) is 0 Å². The Kier molecular flexibility index (Phi) is 6.78. The third kappa shape index (κ3) is 5.41. The summed E-state index contributed by atoms with van der Waals surface area (Å²) < 4.78 is 39.3. The molecular weight excluding hydrogens is 447 g/mol. The van der Waals surface area contributed by atoms with E-state index in [4.69, 9.17) is 23.1 Å². The van der Waals surface area contributed by atoms with Gasteiger partial charge >= 0.3 is 6.18 Å². The molecule has 0 radical (unpaired) electrons. The van der Waals surface area contributed by atoms with Gasteiger partial charge in [0.15, 0.2) is 5.69 Å². The van der Waals surface area contributed by atoms with Gasteiger partial charge in [-0.15, -0.1) is 0 Å². The standard InChI is InChI=1S/C20H19ClF3N7O/c1-10-12(5-2-6-14(10)21)15-8-11(29-18(26)30-15)4-3-7-27-19-28-9-13(17(25)32)16(31-19)20(22,23)24/h2,5-6,8-9H,3-4,7H2,1H3,(H2,25,32)(H2,26,29,30)(H,27,28,31). The van der Waals surface area contributed by atoms with Crippen molar-refractivity contribution in [2.24, 2.45) is 5.73 Å². The fourth-order valence-corrected chi connectivity index (χ4v) is 3.18. The number of aromatic nitrogens is 4. The van der Waals surface area contributed by atoms with Crippen LogP contribution in [0, 0.1) is 6.92 Å². The Labute approximate surface area is 186 Å². The van der Waals surface area contributed by atoms with Gasteiger partial charge in [0.05, 0.1) is 11.3 Å². The van der Waals surface area contributed by atoms with Crippen LogP contribution >= 0.6 is 11.6 Å². The van der Waals surface area contributed by atoms with Crippen molar-refractivity contribution < 1.29 is 18.0 Å². The largest absolute Gasteiger partial charge is 0.434 e. The molecule has 3 aromatic rings. The number of nitrogens with two attached hydrogens (primary N) is 2. The van der Waals surface area contributed by atoms with Crippen LogP contribution in [0.4, 0.5) is 25.1 Å². The van der Waals surface area contributed by atoms with Crippen molar-refractivity contribution in [2.45, 2.75) is 25.9 Å². The summed E-state index contributed by atoms with van der Waals surface area (Å²) in [6.07, 6.45) is -3.12. The number of alkyl halides is 3. The number of carbonyl (C=O) groups is 1. The van der Waals surface area contributed by atoms with E-state index in [1.54, 1.807) is 12.1 Å². The van der Waals surface area contributed by atoms with Crippen LogP contribution in [0.15, 0.2) is 30.5 Å². The van der Waals surface area contributed by atoms with Crippen LogP contribution in [0.25, 0.3) is 11.3 Å². The molecule has 0 bridgehead atoms. The van der Waals surface area contributed by atoms with Crippen molar-refractivity contribution in [1.29, 1.82) is 0 Å². The summed E-state index contributed by atoms with van der Waals surface area (Å²) in [4.78, 5) is 26.8. The maximum Gasteiger partial charge on any atom is 0.434 e. The van der Waals surface area contributed by atoms with Crippen LogP contribution in [-0.2, 0) is 12.6 Å². The molecule has 1 aromatic carbocycles. The van der Waals surface area contributed by atoms with Gasteiger partial charge in [0.1, 0.15) is 0 Å². The fraction of sp³-hybridized carbons (Fsp3) is 0.250. The maximum atomic E-state index is 13.1. The number of nitrogens with one attached hydrogen (secondary N) is 1. The van der Waals surface area contributed by atoms with Gasteiger partial charge in [-0.1, -0.05) is 23.7 Å². The van der Waals surface area contributed by atoms with E-state index >= 15 is 0 Å². The molecule has 0 unspecified atom stereocenters. The summed E-state index contributed by atoms with van der Waals surface area (Å²) in [5.41, 5.74) is 11.6. The SMILES string of the molecule is Cc1c(Cl)cccc1-c1cc(CCCNc2ncc(C(N)=O)c(C(F)(F)F)n2)nc(N)n1. The van der Waals surface area contributed by atoms with Gasteiger partial charge < -0.3 is 16.8 Å². The van der Waals surface area contributed by atoms with Crippen molar-refractivity contribution in [3.8, 4) is 11.3 Å². The van der Waals surface area contributed by atoms with Crippen molar-refractivity contribution >= 4 is 29.4 Å². The minimum absolute atomic E-state index is 0.102. The van der Waals surface area contributed by atoms with Crippen LogP contribution < -0.4 is 16.8 Å². The van der Waals surface area contributed by atoms with Crippen molar-refractivity contribution in [3.05, 3.63) is 58.0 Å². The van der Waals surface area contributed by atoms with Crippen molar-refractivity contribution in [1.82, 2.24) is 19.9 Å². The number of primary amides is 1. The number of aryl methyl sites for hydroxylation is 1. The van der Waals surface area contributed by atoms with E-state index in [2.05, 4.69) is 25.3 Å². The van der Waals surface area contributed by atoms with Crippen molar-refractivity contribution in [2.75, 3.05) is 17.6 Å². The first-order valence-corrected chi connectivity index (χ1v) is 9.81. The summed E-state index contributed by atoms with van der Waals surface area (Å²) in [6.45, 7) is 2.13. The monoisotopic (exact) mass is 465 g/mol. The zero-order chi connectivity index (χ0) is 23.5. The Hall–Kier alpha value is -3.47. The third-order valence-electron chi connectivity index (χ3n) is 4.56. The Morgan fingerprint density at radius 1 is 1.22 bits per heavy atom. The average molecular weight is 466 g/mol. The number of hydrogen-bond acceptors (Lipinski definition) is 7. The molecule has 3 rings (SSSR count). The summed E-state index contributed by atoms with van der Waals surface area (Å²) >= 11 is 6.18. The van der Waals surface area contributed by atoms with E-state index in [1.807, 2.05) is 19.1 Å². The highest BCUT2D eigenvalue weighted by Gasteiger charge is 2.37. The summed E-state index contributed by atoms with van der Waals surface area (Å²) in [5.74, 6) is -1.42. The predicted molar refractivity (Wildman–Crippen MR) is 114 cm³/mol. The third-order valence-corrected chi connectivity index (χ3v) is 4.97. The van der Waals surface area contributed by atoms with Crippen molar-refractivity contribution in [3.63, 3.8) is 0 Å². The minimum Gasteiger partial charge on any atom is -0.368 e. The molecule has 0 atom stereocenters. The molecule has 2 aromatic heterocycles. The number of nitrogen functional groups attached to an aromatic ring is 1. The normalized spacial score (nSPS) is 11.4. The lowest BCUT2D eigenvalue weighted by molar-refractivity contribution is -0.141. The maximum absolute atomic E-state index is 13.1. The Morgan fingerprint density at radius 3 is 2.66 bits per heavy atom. The number of benzene rings is 1. The predicted octanol–water partition coefficient (Wildman–Crippen LogP) is 3.64. The quantitative estimate of drug-likeness (QED) is 0.453. The average Bonchev–Trinajstić information content (AvgIpc) is 2.72. The van der Waals surface area contributed by atoms with Gasteiger partial charge in [-0.3, -0.25) is 4.79 Å². The second-order valence-electron chi connectivity index (χ2n) is 6.86. The van der Waals surface area contributed by atoms with E-state index in [-0.39, 0.29) is 18.4 Å². The first-order chi connectivity index (χ1) is 15.1. The van der Waals surface area contributed by atoms with Gasteiger partial charge in [-0.2, -0.15) is 13.2 Å². The van der Waals surface area contributed by atoms with Crippen LogP contribution in [-0.4, -0.2) is 32.4 Å². The number of halogens is 4. The van der Waals surface area contributed by atoms with Gasteiger partial charge in [0.25, 0.3) is 5.91 Å². The van der Waals surface area contributed by atoms with E-state index in [9.17, 15) is 18.0 Å². The molecule has 2 heterocycles. The number of anilines is 2. The fourth-order valence-electron chi connectivity index (χ4n) is 3.00. The molecule has 0 fully saturated rings. The Balaban J connectivity index is 1.68. The van der Waals surface area contributed by atoms with Crippen LogP contribution in [0.3, 0.4) is 0 Å².